The highest BCUT2D eigenvalue weighted by molar-refractivity contribution is 14.1. The quantitative estimate of drug-likeness (QED) is 0.141. The number of ether oxygens (including phenoxy) is 3. The third-order valence-corrected chi connectivity index (χ3v) is 5.71. The molecule has 0 aromatic heterocycles. The Hall–Kier alpha value is -3.84. The Bertz CT molecular complexity index is 1300. The molecule has 0 aliphatic carbocycles. The number of carbonyl (C=O) groups is 3. The number of anilines is 2. The van der Waals surface area contributed by atoms with E-state index in [-0.39, 0.29) is 12.5 Å². The summed E-state index contributed by atoms with van der Waals surface area (Å²) < 4.78 is 16.7. The fourth-order valence-electron chi connectivity index (χ4n) is 2.90. The summed E-state index contributed by atoms with van der Waals surface area (Å²) in [5, 5.41) is 9.56. The van der Waals surface area contributed by atoms with Crippen LogP contribution in [0, 0.1) is 3.57 Å². The molecule has 12 heteroatoms. The Kier molecular flexibility index (Phi) is 10.1. The van der Waals surface area contributed by atoms with Gasteiger partial charge in [0.05, 0.1) is 24.0 Å². The van der Waals surface area contributed by atoms with Gasteiger partial charge in [-0.2, -0.15) is 5.10 Å². The topological polar surface area (TPSA) is 127 Å². The minimum atomic E-state index is -0.944. The summed E-state index contributed by atoms with van der Waals surface area (Å²) >= 11 is 7.88. The van der Waals surface area contributed by atoms with E-state index in [9.17, 15) is 14.4 Å². The smallest absolute Gasteiger partial charge is 0.329 e. The number of hydrogen-bond donors (Lipinski definition) is 3. The molecule has 0 fully saturated rings. The highest BCUT2D eigenvalue weighted by atomic mass is 127. The van der Waals surface area contributed by atoms with Gasteiger partial charge in [-0.3, -0.25) is 14.4 Å². The van der Waals surface area contributed by atoms with Crippen molar-refractivity contribution < 1.29 is 28.6 Å². The molecule has 0 bridgehead atoms. The zero-order valence-corrected chi connectivity index (χ0v) is 22.6. The summed E-state index contributed by atoms with van der Waals surface area (Å²) in [5.41, 5.74) is 3.76. The van der Waals surface area contributed by atoms with Gasteiger partial charge in [0.1, 0.15) is 5.75 Å². The number of nitrogens with zero attached hydrogens (tertiary/aromatic N) is 1. The first-order chi connectivity index (χ1) is 17.8. The van der Waals surface area contributed by atoms with Crippen molar-refractivity contribution in [1.82, 2.24) is 5.43 Å². The molecule has 0 aliphatic heterocycles. The summed E-state index contributed by atoms with van der Waals surface area (Å²) in [6.45, 7) is -0.248. The molecule has 0 aliphatic rings. The molecule has 0 radical (unpaired) electrons. The Morgan fingerprint density at radius 3 is 2.22 bits per heavy atom. The van der Waals surface area contributed by atoms with Gasteiger partial charge in [0.25, 0.3) is 5.91 Å². The molecule has 3 rings (SSSR count). The van der Waals surface area contributed by atoms with E-state index in [4.69, 9.17) is 25.8 Å². The van der Waals surface area contributed by atoms with Crippen LogP contribution in [0.2, 0.25) is 5.02 Å². The summed E-state index contributed by atoms with van der Waals surface area (Å²) in [4.78, 5) is 36.4. The molecule has 10 nitrogen and oxygen atoms in total. The zero-order valence-electron chi connectivity index (χ0n) is 19.7. The molecule has 0 spiro atoms. The van der Waals surface area contributed by atoms with Crippen LogP contribution in [0.5, 0.6) is 17.2 Å². The van der Waals surface area contributed by atoms with Crippen molar-refractivity contribution in [2.75, 3.05) is 31.5 Å². The molecule has 3 aromatic carbocycles. The average Bonchev–Trinajstić information content (AvgIpc) is 2.89. The van der Waals surface area contributed by atoms with Gasteiger partial charge in [-0.1, -0.05) is 11.6 Å². The van der Waals surface area contributed by atoms with Gasteiger partial charge in [-0.05, 0) is 88.8 Å². The van der Waals surface area contributed by atoms with Gasteiger partial charge in [-0.15, -0.1) is 0 Å². The molecule has 3 amide bonds. The SMILES string of the molecule is COc1ccc(NC(=O)C(=O)N/N=C\c2cc(I)c(OCC(=O)Nc3ccc(Cl)cc3)c(OC)c2)cc1. The van der Waals surface area contributed by atoms with Gasteiger partial charge in [-0.25, -0.2) is 5.43 Å². The Morgan fingerprint density at radius 2 is 1.57 bits per heavy atom. The Morgan fingerprint density at radius 1 is 0.919 bits per heavy atom. The van der Waals surface area contributed by atoms with Crippen molar-refractivity contribution in [3.05, 3.63) is 74.8 Å². The zero-order chi connectivity index (χ0) is 26.8. The first-order valence-electron chi connectivity index (χ1n) is 10.6. The van der Waals surface area contributed by atoms with Crippen molar-refractivity contribution in [3.8, 4) is 17.2 Å². The number of hydrazone groups is 1. The van der Waals surface area contributed by atoms with E-state index in [1.807, 2.05) is 22.6 Å². The third kappa shape index (κ3) is 8.36. The standard InChI is InChI=1S/C25H22ClIN4O6/c1-35-19-9-7-18(8-10-19)30-24(33)25(34)31-28-13-15-11-20(27)23(21(12-15)36-2)37-14-22(32)29-17-5-3-16(26)4-6-17/h3-13H,14H2,1-2H3,(H,29,32)(H,30,33)(H,31,34)/b28-13-. The highest BCUT2D eigenvalue weighted by Crippen LogP contribution is 2.33. The second-order valence-corrected chi connectivity index (χ2v) is 8.86. The third-order valence-electron chi connectivity index (χ3n) is 4.66. The number of benzene rings is 3. The lowest BCUT2D eigenvalue weighted by molar-refractivity contribution is -0.136. The fraction of sp³-hybridized carbons (Fsp3) is 0.120. The van der Waals surface area contributed by atoms with E-state index in [2.05, 4.69) is 21.2 Å². The second kappa shape index (κ2) is 13.5. The predicted molar refractivity (Wildman–Crippen MR) is 149 cm³/mol. The number of rotatable bonds is 9. The van der Waals surface area contributed by atoms with E-state index in [0.29, 0.717) is 42.8 Å². The first-order valence-corrected chi connectivity index (χ1v) is 12.1. The minimum Gasteiger partial charge on any atom is -0.497 e. The molecule has 0 saturated heterocycles. The number of hydrogen-bond acceptors (Lipinski definition) is 7. The Labute approximate surface area is 231 Å². The number of nitrogens with one attached hydrogen (secondary N) is 3. The molecule has 0 saturated carbocycles. The van der Waals surface area contributed by atoms with E-state index >= 15 is 0 Å². The van der Waals surface area contributed by atoms with Gasteiger partial charge in [0, 0.05) is 16.4 Å². The van der Waals surface area contributed by atoms with Gasteiger partial charge >= 0.3 is 11.8 Å². The predicted octanol–water partition coefficient (Wildman–Crippen LogP) is 4.07. The maximum absolute atomic E-state index is 12.2. The molecule has 37 heavy (non-hydrogen) atoms. The van der Waals surface area contributed by atoms with Crippen LogP contribution in [0.15, 0.2) is 65.8 Å². The Balaban J connectivity index is 1.56. The van der Waals surface area contributed by atoms with Crippen LogP contribution >= 0.6 is 34.2 Å². The number of halogens is 2. The average molecular weight is 637 g/mol. The number of carbonyl (C=O) groups excluding carboxylic acids is 3. The first kappa shape index (κ1) is 27.7. The molecule has 0 heterocycles. The van der Waals surface area contributed by atoms with Crippen LogP contribution in [0.4, 0.5) is 11.4 Å². The minimum absolute atomic E-state index is 0.248. The normalized spacial score (nSPS) is 10.5. The van der Waals surface area contributed by atoms with Gasteiger partial charge in [0.15, 0.2) is 18.1 Å². The lowest BCUT2D eigenvalue weighted by atomic mass is 10.2. The van der Waals surface area contributed by atoms with E-state index in [0.717, 1.165) is 0 Å². The van der Waals surface area contributed by atoms with Crippen LogP contribution in [-0.2, 0) is 14.4 Å². The lowest BCUT2D eigenvalue weighted by Crippen LogP contribution is -2.32. The van der Waals surface area contributed by atoms with Crippen LogP contribution in [0.25, 0.3) is 0 Å². The van der Waals surface area contributed by atoms with Crippen LogP contribution in [-0.4, -0.2) is 44.8 Å². The van der Waals surface area contributed by atoms with Crippen molar-refractivity contribution >= 4 is 69.5 Å². The van der Waals surface area contributed by atoms with Crippen molar-refractivity contribution in [1.29, 1.82) is 0 Å². The molecule has 0 atom stereocenters. The molecular weight excluding hydrogens is 615 g/mol. The maximum atomic E-state index is 12.2. The van der Waals surface area contributed by atoms with Crippen molar-refractivity contribution in [2.45, 2.75) is 0 Å². The van der Waals surface area contributed by atoms with Crippen LogP contribution < -0.4 is 30.3 Å². The summed E-state index contributed by atoms with van der Waals surface area (Å²) in [5.74, 6) is -0.836. The van der Waals surface area contributed by atoms with Gasteiger partial charge < -0.3 is 24.8 Å². The molecule has 192 valence electrons. The molecule has 3 N–H and O–H groups in total. The van der Waals surface area contributed by atoms with Gasteiger partial charge in [0.2, 0.25) is 0 Å². The molecular formula is C25H22ClIN4O6. The largest absolute Gasteiger partial charge is 0.497 e. The number of amides is 3. The molecule has 0 unspecified atom stereocenters. The van der Waals surface area contributed by atoms with Crippen molar-refractivity contribution in [2.24, 2.45) is 5.10 Å². The maximum Gasteiger partial charge on any atom is 0.329 e. The van der Waals surface area contributed by atoms with E-state index in [1.165, 1.54) is 20.4 Å². The molecule has 3 aromatic rings. The van der Waals surface area contributed by atoms with Crippen molar-refractivity contribution in [3.63, 3.8) is 0 Å². The summed E-state index contributed by atoms with van der Waals surface area (Å²) in [7, 11) is 2.98. The fourth-order valence-corrected chi connectivity index (χ4v) is 3.81. The van der Waals surface area contributed by atoms with Crippen LogP contribution in [0.3, 0.4) is 0 Å². The van der Waals surface area contributed by atoms with Crippen LogP contribution in [0.1, 0.15) is 5.56 Å². The second-order valence-electron chi connectivity index (χ2n) is 7.26. The highest BCUT2D eigenvalue weighted by Gasteiger charge is 2.15. The summed E-state index contributed by atoms with van der Waals surface area (Å²) in [6, 6.07) is 16.5. The summed E-state index contributed by atoms with van der Waals surface area (Å²) in [6.07, 6.45) is 1.35. The monoisotopic (exact) mass is 636 g/mol. The lowest BCUT2D eigenvalue weighted by Gasteiger charge is -2.13. The number of methoxy groups -OCH3 is 2. The van der Waals surface area contributed by atoms with E-state index < -0.39 is 11.8 Å². The van der Waals surface area contributed by atoms with E-state index in [1.54, 1.807) is 60.7 Å².